The number of phenolic OH excluding ortho intramolecular Hbond substituents is 1. The summed E-state index contributed by atoms with van der Waals surface area (Å²) >= 11 is 0. The first-order valence-electron chi connectivity index (χ1n) is 9.56. The van der Waals surface area contributed by atoms with E-state index in [9.17, 15) is 23.1 Å². The molecule has 0 saturated carbocycles. The average Bonchev–Trinajstić information content (AvgIpc) is 3.07. The van der Waals surface area contributed by atoms with Crippen LogP contribution in [0.2, 0.25) is 0 Å². The number of rotatable bonds is 2. The van der Waals surface area contributed by atoms with Gasteiger partial charge in [-0.15, -0.1) is 0 Å². The van der Waals surface area contributed by atoms with Crippen LogP contribution < -0.4 is 0 Å². The number of pyridine rings is 1. The first-order valence-corrected chi connectivity index (χ1v) is 9.56. The van der Waals surface area contributed by atoms with Gasteiger partial charge in [-0.1, -0.05) is 0 Å². The molecule has 158 valence electrons. The third kappa shape index (κ3) is 3.48. The molecule has 1 aliphatic rings. The number of halogens is 3. The Labute approximate surface area is 170 Å². The Morgan fingerprint density at radius 2 is 1.90 bits per heavy atom. The van der Waals surface area contributed by atoms with Crippen molar-refractivity contribution in [3.8, 4) is 17.0 Å². The summed E-state index contributed by atoms with van der Waals surface area (Å²) in [4.78, 5) is 17.9. The maximum Gasteiger partial charge on any atom is 0.416 e. The fourth-order valence-electron chi connectivity index (χ4n) is 3.96. The van der Waals surface area contributed by atoms with Gasteiger partial charge in [-0.25, -0.2) is 4.98 Å². The number of likely N-dealkylation sites (N-methyl/N-ethyl adjacent to an activating group) is 1. The molecule has 6 nitrogen and oxygen atoms in total. The van der Waals surface area contributed by atoms with Gasteiger partial charge in [-0.05, 0) is 49.6 Å². The molecule has 0 radical (unpaired) electrons. The molecule has 3 aromatic rings. The first kappa shape index (κ1) is 20.2. The summed E-state index contributed by atoms with van der Waals surface area (Å²) in [7, 11) is 1.76. The van der Waals surface area contributed by atoms with E-state index in [0.29, 0.717) is 30.7 Å². The molecular formula is C21H21F3N4O2. The quantitative estimate of drug-likeness (QED) is 0.676. The highest BCUT2D eigenvalue weighted by molar-refractivity contribution is 5.83. The number of benzene rings is 1. The summed E-state index contributed by atoms with van der Waals surface area (Å²) in [6, 6.07) is 3.49. The Kier molecular flexibility index (Phi) is 4.71. The van der Waals surface area contributed by atoms with E-state index in [-0.39, 0.29) is 23.1 Å². The van der Waals surface area contributed by atoms with Crippen LogP contribution in [-0.4, -0.2) is 44.3 Å². The van der Waals surface area contributed by atoms with Crippen LogP contribution in [0.4, 0.5) is 13.2 Å². The van der Waals surface area contributed by atoms with Gasteiger partial charge in [-0.3, -0.25) is 9.48 Å². The van der Waals surface area contributed by atoms with Crippen LogP contribution in [0.25, 0.3) is 22.3 Å². The van der Waals surface area contributed by atoms with Gasteiger partial charge in [0, 0.05) is 37.2 Å². The Morgan fingerprint density at radius 3 is 2.53 bits per heavy atom. The monoisotopic (exact) mass is 418 g/mol. The molecule has 1 amide bonds. The van der Waals surface area contributed by atoms with Gasteiger partial charge in [0.25, 0.3) is 0 Å². The van der Waals surface area contributed by atoms with E-state index in [1.54, 1.807) is 22.7 Å². The second-order valence-electron chi connectivity index (χ2n) is 7.82. The lowest BCUT2D eigenvalue weighted by atomic mass is 9.99. The molecule has 1 atom stereocenters. The molecule has 4 rings (SSSR count). The fourth-order valence-corrected chi connectivity index (χ4v) is 3.96. The number of alkyl halides is 3. The number of likely N-dealkylation sites (tertiary alicyclic amines) is 1. The smallest absolute Gasteiger partial charge is 0.416 e. The molecular weight excluding hydrogens is 397 g/mol. The van der Waals surface area contributed by atoms with Crippen LogP contribution in [0.3, 0.4) is 0 Å². The van der Waals surface area contributed by atoms with E-state index in [2.05, 4.69) is 10.1 Å². The maximum atomic E-state index is 13.0. The molecule has 1 N–H and O–H groups in total. The molecule has 0 bridgehead atoms. The zero-order chi connectivity index (χ0) is 21.8. The number of aryl methyl sites for hydroxylation is 2. The summed E-state index contributed by atoms with van der Waals surface area (Å²) in [6.45, 7) is 3.93. The number of hydrogen-bond acceptors (Lipinski definition) is 4. The van der Waals surface area contributed by atoms with E-state index in [4.69, 9.17) is 0 Å². The number of nitrogens with zero attached hydrogens (tertiary/aromatic N) is 4. The minimum Gasteiger partial charge on any atom is -0.507 e. The number of aromatic nitrogens is 3. The molecule has 2 aromatic heterocycles. The molecule has 0 unspecified atom stereocenters. The van der Waals surface area contributed by atoms with Crippen LogP contribution >= 0.6 is 0 Å². The van der Waals surface area contributed by atoms with E-state index in [1.807, 2.05) is 13.1 Å². The van der Waals surface area contributed by atoms with Crippen LogP contribution in [0.5, 0.6) is 5.75 Å². The van der Waals surface area contributed by atoms with Crippen molar-refractivity contribution < 1.29 is 23.1 Å². The van der Waals surface area contributed by atoms with Crippen molar-refractivity contribution in [2.45, 2.75) is 38.9 Å². The summed E-state index contributed by atoms with van der Waals surface area (Å²) in [6.07, 6.45) is -1.52. The Hall–Kier alpha value is -3.10. The molecule has 30 heavy (non-hydrogen) atoms. The van der Waals surface area contributed by atoms with Crippen molar-refractivity contribution in [2.75, 3.05) is 13.6 Å². The zero-order valence-corrected chi connectivity index (χ0v) is 16.8. The van der Waals surface area contributed by atoms with Gasteiger partial charge in [0.2, 0.25) is 5.91 Å². The molecule has 0 aliphatic carbocycles. The first-order chi connectivity index (χ1) is 14.0. The van der Waals surface area contributed by atoms with Crippen molar-refractivity contribution in [2.24, 2.45) is 0 Å². The average molecular weight is 418 g/mol. The summed E-state index contributed by atoms with van der Waals surface area (Å²) in [5, 5.41) is 15.7. The number of fused-ring (bicyclic) bond motifs is 1. The van der Waals surface area contributed by atoms with Gasteiger partial charge in [0.15, 0.2) is 5.65 Å². The van der Waals surface area contributed by atoms with Gasteiger partial charge in [-0.2, -0.15) is 18.3 Å². The third-order valence-corrected chi connectivity index (χ3v) is 5.59. The molecule has 3 heterocycles. The number of piperidine rings is 1. The summed E-state index contributed by atoms with van der Waals surface area (Å²) < 4.78 is 40.9. The van der Waals surface area contributed by atoms with Gasteiger partial charge < -0.3 is 10.0 Å². The number of amides is 1. The van der Waals surface area contributed by atoms with E-state index >= 15 is 0 Å². The van der Waals surface area contributed by atoms with Crippen molar-refractivity contribution in [1.82, 2.24) is 19.7 Å². The molecule has 9 heteroatoms. The van der Waals surface area contributed by atoms with Gasteiger partial charge in [0.05, 0.1) is 17.3 Å². The minimum absolute atomic E-state index is 0.0333. The highest BCUT2D eigenvalue weighted by Crippen LogP contribution is 2.39. The summed E-state index contributed by atoms with van der Waals surface area (Å²) in [5.41, 5.74) is 1.29. The standard InChI is InChI=1S/C21H21F3N4O2/c1-11-7-16(19-12(2)6-13(8-17(19)29)21(22,23)24)25-20-15(11)10-28(26-20)14-4-5-18(30)27(3)9-14/h6-8,10,14,29H,4-5,9H2,1-3H3/t14-/m1/s1. The summed E-state index contributed by atoms with van der Waals surface area (Å²) in [5.74, 6) is -0.367. The van der Waals surface area contributed by atoms with E-state index in [0.717, 1.165) is 23.1 Å². The second-order valence-corrected chi connectivity index (χ2v) is 7.82. The number of carbonyl (C=O) groups is 1. The lowest BCUT2D eigenvalue weighted by molar-refractivity contribution is -0.137. The van der Waals surface area contributed by atoms with E-state index in [1.165, 1.54) is 6.92 Å². The minimum atomic E-state index is -4.54. The van der Waals surface area contributed by atoms with Gasteiger partial charge in [0.1, 0.15) is 5.75 Å². The highest BCUT2D eigenvalue weighted by atomic mass is 19.4. The molecule has 1 aliphatic heterocycles. The predicted octanol–water partition coefficient (Wildman–Crippen LogP) is 4.23. The normalized spacial score (nSPS) is 17.7. The van der Waals surface area contributed by atoms with Crippen molar-refractivity contribution >= 4 is 16.9 Å². The second kappa shape index (κ2) is 7.00. The van der Waals surface area contributed by atoms with Crippen LogP contribution in [0, 0.1) is 13.8 Å². The SMILES string of the molecule is Cc1cc(C(F)(F)F)cc(O)c1-c1cc(C)c2cn([C@@H]3CCC(=O)N(C)C3)nc2n1. The molecule has 0 spiro atoms. The van der Waals surface area contributed by atoms with Gasteiger partial charge >= 0.3 is 6.18 Å². The highest BCUT2D eigenvalue weighted by Gasteiger charge is 2.32. The Balaban J connectivity index is 1.76. The van der Waals surface area contributed by atoms with Crippen LogP contribution in [0.1, 0.15) is 35.6 Å². The predicted molar refractivity (Wildman–Crippen MR) is 105 cm³/mol. The lowest BCUT2D eigenvalue weighted by Crippen LogP contribution is -2.38. The largest absolute Gasteiger partial charge is 0.507 e. The number of hydrogen-bond donors (Lipinski definition) is 1. The Morgan fingerprint density at radius 1 is 1.17 bits per heavy atom. The molecule has 1 aromatic carbocycles. The van der Waals surface area contributed by atoms with Crippen molar-refractivity contribution in [3.63, 3.8) is 0 Å². The van der Waals surface area contributed by atoms with E-state index < -0.39 is 17.5 Å². The molecule has 1 fully saturated rings. The third-order valence-electron chi connectivity index (χ3n) is 5.59. The molecule has 1 saturated heterocycles. The number of carbonyl (C=O) groups excluding carboxylic acids is 1. The van der Waals surface area contributed by atoms with Crippen molar-refractivity contribution in [1.29, 1.82) is 0 Å². The number of aromatic hydroxyl groups is 1. The lowest BCUT2D eigenvalue weighted by Gasteiger charge is -2.29. The number of phenols is 1. The Bertz CT molecular complexity index is 1130. The van der Waals surface area contributed by atoms with Crippen molar-refractivity contribution in [3.05, 3.63) is 41.1 Å². The maximum absolute atomic E-state index is 13.0. The zero-order valence-electron chi connectivity index (χ0n) is 16.8. The van der Waals surface area contributed by atoms with Crippen LogP contribution in [-0.2, 0) is 11.0 Å². The topological polar surface area (TPSA) is 71.2 Å². The fraction of sp³-hybridized carbons (Fsp3) is 0.381. The van der Waals surface area contributed by atoms with Crippen LogP contribution in [0.15, 0.2) is 24.4 Å².